The van der Waals surface area contributed by atoms with Crippen molar-refractivity contribution >= 4 is 5.65 Å². The SMILES string of the molecule is OC1CC(c2ccc(F)cc2)N(Cc2cnc3cnccn23)C1. The van der Waals surface area contributed by atoms with Gasteiger partial charge in [-0.05, 0) is 24.1 Å². The van der Waals surface area contributed by atoms with Crippen LogP contribution >= 0.6 is 0 Å². The van der Waals surface area contributed by atoms with Crippen LogP contribution in [-0.4, -0.2) is 37.0 Å². The summed E-state index contributed by atoms with van der Waals surface area (Å²) >= 11 is 0. The lowest BCUT2D eigenvalue weighted by Crippen LogP contribution is -2.25. The zero-order chi connectivity index (χ0) is 15.8. The van der Waals surface area contributed by atoms with Crippen molar-refractivity contribution in [1.29, 1.82) is 0 Å². The van der Waals surface area contributed by atoms with Crippen LogP contribution < -0.4 is 0 Å². The number of imidazole rings is 1. The number of aliphatic hydroxyl groups excluding tert-OH is 1. The molecule has 1 N–H and O–H groups in total. The van der Waals surface area contributed by atoms with Crippen LogP contribution in [0.3, 0.4) is 0 Å². The summed E-state index contributed by atoms with van der Waals surface area (Å²) in [5, 5.41) is 10.1. The first-order valence-electron chi connectivity index (χ1n) is 7.64. The molecule has 3 aromatic rings. The van der Waals surface area contributed by atoms with Crippen LogP contribution in [0, 0.1) is 5.82 Å². The van der Waals surface area contributed by atoms with Crippen molar-refractivity contribution in [3.8, 4) is 0 Å². The van der Waals surface area contributed by atoms with E-state index < -0.39 is 0 Å². The predicted molar refractivity (Wildman–Crippen MR) is 83.2 cm³/mol. The van der Waals surface area contributed by atoms with Crippen molar-refractivity contribution in [2.24, 2.45) is 0 Å². The van der Waals surface area contributed by atoms with Gasteiger partial charge in [-0.2, -0.15) is 0 Å². The van der Waals surface area contributed by atoms with Gasteiger partial charge in [-0.1, -0.05) is 12.1 Å². The molecule has 0 radical (unpaired) electrons. The number of halogens is 1. The van der Waals surface area contributed by atoms with E-state index in [9.17, 15) is 9.50 Å². The van der Waals surface area contributed by atoms with Crippen LogP contribution in [0.5, 0.6) is 0 Å². The van der Waals surface area contributed by atoms with Crippen molar-refractivity contribution in [2.75, 3.05) is 6.54 Å². The van der Waals surface area contributed by atoms with E-state index in [1.165, 1.54) is 12.1 Å². The van der Waals surface area contributed by atoms with Gasteiger partial charge in [0.05, 0.1) is 24.2 Å². The molecule has 0 amide bonds. The molecule has 1 fully saturated rings. The van der Waals surface area contributed by atoms with E-state index in [0.29, 0.717) is 19.5 Å². The molecule has 5 nitrogen and oxygen atoms in total. The number of hydrogen-bond donors (Lipinski definition) is 1. The molecule has 1 saturated heterocycles. The highest BCUT2D eigenvalue weighted by atomic mass is 19.1. The van der Waals surface area contributed by atoms with E-state index in [1.807, 2.05) is 16.8 Å². The summed E-state index contributed by atoms with van der Waals surface area (Å²) in [7, 11) is 0. The van der Waals surface area contributed by atoms with E-state index >= 15 is 0 Å². The standard InChI is InChI=1S/C17H17FN4O/c18-13-3-1-12(2-4-13)16-7-15(23)11-21(16)10-14-8-20-17-9-19-5-6-22(14)17/h1-6,8-9,15-16,23H,7,10-11H2. The van der Waals surface area contributed by atoms with Crippen LogP contribution in [-0.2, 0) is 6.54 Å². The van der Waals surface area contributed by atoms with Gasteiger partial charge in [0.25, 0.3) is 0 Å². The van der Waals surface area contributed by atoms with Crippen LogP contribution in [0.2, 0.25) is 0 Å². The fourth-order valence-electron chi connectivity index (χ4n) is 3.31. The minimum atomic E-state index is -0.370. The summed E-state index contributed by atoms with van der Waals surface area (Å²) < 4.78 is 15.1. The molecule has 0 spiro atoms. The Balaban J connectivity index is 1.62. The molecule has 2 unspecified atom stereocenters. The van der Waals surface area contributed by atoms with Gasteiger partial charge in [0.2, 0.25) is 0 Å². The molecule has 6 heteroatoms. The van der Waals surface area contributed by atoms with Crippen LogP contribution in [0.25, 0.3) is 5.65 Å². The number of rotatable bonds is 3. The highest BCUT2D eigenvalue weighted by Crippen LogP contribution is 2.33. The Bertz CT molecular complexity index is 817. The lowest BCUT2D eigenvalue weighted by Gasteiger charge is -2.24. The Morgan fingerprint density at radius 3 is 2.87 bits per heavy atom. The number of β-amino-alcohol motifs (C(OH)–C–C–N with tert-alkyl or cyclic N) is 1. The van der Waals surface area contributed by atoms with Crippen LogP contribution in [0.1, 0.15) is 23.7 Å². The number of nitrogens with zero attached hydrogens (tertiary/aromatic N) is 4. The van der Waals surface area contributed by atoms with Crippen molar-refractivity contribution in [3.63, 3.8) is 0 Å². The largest absolute Gasteiger partial charge is 0.392 e. The molecule has 0 saturated carbocycles. The molecule has 23 heavy (non-hydrogen) atoms. The fourth-order valence-corrected chi connectivity index (χ4v) is 3.31. The number of hydrogen-bond acceptors (Lipinski definition) is 4. The van der Waals surface area contributed by atoms with Gasteiger partial charge in [-0.3, -0.25) is 14.3 Å². The normalized spacial score (nSPS) is 22.0. The van der Waals surface area contributed by atoms with Crippen molar-refractivity contribution in [1.82, 2.24) is 19.3 Å². The summed E-state index contributed by atoms with van der Waals surface area (Å²) in [4.78, 5) is 10.6. The van der Waals surface area contributed by atoms with E-state index in [-0.39, 0.29) is 18.0 Å². The third-order valence-corrected chi connectivity index (χ3v) is 4.40. The molecular formula is C17H17FN4O. The molecular weight excluding hydrogens is 295 g/mol. The lowest BCUT2D eigenvalue weighted by atomic mass is 10.0. The maximum absolute atomic E-state index is 13.1. The average Bonchev–Trinajstić information content (AvgIpc) is 3.13. The summed E-state index contributed by atoms with van der Waals surface area (Å²) in [6, 6.07) is 6.61. The van der Waals surface area contributed by atoms with E-state index in [0.717, 1.165) is 16.9 Å². The summed E-state index contributed by atoms with van der Waals surface area (Å²) in [5.74, 6) is -0.242. The Kier molecular flexibility index (Phi) is 3.55. The number of likely N-dealkylation sites (tertiary alicyclic amines) is 1. The average molecular weight is 312 g/mol. The zero-order valence-corrected chi connectivity index (χ0v) is 12.5. The third kappa shape index (κ3) is 2.71. The number of fused-ring (bicyclic) bond motifs is 1. The molecule has 3 heterocycles. The molecule has 118 valence electrons. The molecule has 4 rings (SSSR count). The molecule has 2 atom stereocenters. The van der Waals surface area contributed by atoms with E-state index in [2.05, 4.69) is 14.9 Å². The Morgan fingerprint density at radius 1 is 1.22 bits per heavy atom. The van der Waals surface area contributed by atoms with Gasteiger partial charge in [0.15, 0.2) is 5.65 Å². The second kappa shape index (κ2) is 5.72. The molecule has 0 bridgehead atoms. The highest BCUT2D eigenvalue weighted by molar-refractivity contribution is 5.37. The smallest absolute Gasteiger partial charge is 0.155 e. The number of aliphatic hydroxyl groups is 1. The van der Waals surface area contributed by atoms with Crippen molar-refractivity contribution < 1.29 is 9.50 Å². The van der Waals surface area contributed by atoms with Gasteiger partial charge in [-0.15, -0.1) is 0 Å². The minimum Gasteiger partial charge on any atom is -0.392 e. The van der Waals surface area contributed by atoms with Crippen molar-refractivity contribution in [2.45, 2.75) is 25.1 Å². The molecule has 1 aromatic carbocycles. The second-order valence-electron chi connectivity index (χ2n) is 5.94. The van der Waals surface area contributed by atoms with E-state index in [1.54, 1.807) is 24.5 Å². The predicted octanol–water partition coefficient (Wildman–Crippen LogP) is 2.18. The van der Waals surface area contributed by atoms with Crippen molar-refractivity contribution in [3.05, 3.63) is 66.1 Å². The first kappa shape index (κ1) is 14.3. The number of benzene rings is 1. The maximum Gasteiger partial charge on any atom is 0.155 e. The Hall–Kier alpha value is -2.31. The maximum atomic E-state index is 13.1. The van der Waals surface area contributed by atoms with Crippen LogP contribution in [0.4, 0.5) is 4.39 Å². The molecule has 1 aliphatic heterocycles. The van der Waals surface area contributed by atoms with Gasteiger partial charge in [0, 0.05) is 31.5 Å². The third-order valence-electron chi connectivity index (χ3n) is 4.40. The zero-order valence-electron chi connectivity index (χ0n) is 12.5. The fraction of sp³-hybridized carbons (Fsp3) is 0.294. The Morgan fingerprint density at radius 2 is 2.04 bits per heavy atom. The quantitative estimate of drug-likeness (QED) is 0.805. The lowest BCUT2D eigenvalue weighted by molar-refractivity contribution is 0.172. The minimum absolute atomic E-state index is 0.0815. The van der Waals surface area contributed by atoms with Gasteiger partial charge in [0.1, 0.15) is 5.82 Å². The summed E-state index contributed by atoms with van der Waals surface area (Å²) in [6.45, 7) is 1.27. The first-order valence-corrected chi connectivity index (χ1v) is 7.64. The number of aromatic nitrogens is 3. The molecule has 2 aromatic heterocycles. The Labute approximate surface area is 133 Å². The second-order valence-corrected chi connectivity index (χ2v) is 5.94. The van der Waals surface area contributed by atoms with E-state index in [4.69, 9.17) is 0 Å². The van der Waals surface area contributed by atoms with Gasteiger partial charge >= 0.3 is 0 Å². The van der Waals surface area contributed by atoms with Gasteiger partial charge in [-0.25, -0.2) is 9.37 Å². The first-order chi connectivity index (χ1) is 11.2. The highest BCUT2D eigenvalue weighted by Gasteiger charge is 2.32. The topological polar surface area (TPSA) is 53.7 Å². The van der Waals surface area contributed by atoms with Gasteiger partial charge < -0.3 is 5.11 Å². The molecule has 0 aliphatic carbocycles. The summed E-state index contributed by atoms with van der Waals surface area (Å²) in [6.07, 6.45) is 7.46. The summed E-state index contributed by atoms with van der Waals surface area (Å²) in [5.41, 5.74) is 2.88. The van der Waals surface area contributed by atoms with Crippen LogP contribution in [0.15, 0.2) is 49.1 Å². The molecule has 1 aliphatic rings. The monoisotopic (exact) mass is 312 g/mol.